The molecule has 10 atom stereocenters. The number of ether oxygens (including phenoxy) is 3. The van der Waals surface area contributed by atoms with Gasteiger partial charge in [0, 0.05) is 22.9 Å². The molecule has 0 aromatic rings. The largest absolute Gasteiger partial charge is 0.353 e. The molecule has 0 amide bonds. The Labute approximate surface area is 338 Å². The molecule has 0 saturated carbocycles. The summed E-state index contributed by atoms with van der Waals surface area (Å²) in [7, 11) is 0. The molecule has 0 N–H and O–H groups in total. The van der Waals surface area contributed by atoms with Crippen LogP contribution in [0.2, 0.25) is 0 Å². The number of halogens is 2. The molecule has 10 unspecified atom stereocenters. The lowest BCUT2D eigenvalue weighted by Gasteiger charge is -2.27. The first-order chi connectivity index (χ1) is 24.4. The molecule has 0 radical (unpaired) electrons. The first kappa shape index (κ1) is 51.8. The standard InChI is InChI=1S/C46H92Br2O3/c1-11-13-15-17-19-21-29-49-45(27-23-25-37(3)31-39(5)33-41(7)35-43(9)47)51-46(50-30-22-20-18-16-14-12-2)28-24-26-38(4)32-40(6)34-42(8)36-44(10)48/h37-46H,11-36H2,1-10H3. The maximum atomic E-state index is 6.79. The van der Waals surface area contributed by atoms with Crippen molar-refractivity contribution < 1.29 is 14.2 Å². The molecule has 0 aliphatic heterocycles. The van der Waals surface area contributed by atoms with Gasteiger partial charge in [0.05, 0.1) is 0 Å². The fourth-order valence-corrected chi connectivity index (χ4v) is 9.76. The summed E-state index contributed by atoms with van der Waals surface area (Å²) in [6.45, 7) is 25.4. The Morgan fingerprint density at radius 2 is 0.667 bits per heavy atom. The van der Waals surface area contributed by atoms with Crippen molar-refractivity contribution in [1.82, 2.24) is 0 Å². The van der Waals surface area contributed by atoms with Crippen molar-refractivity contribution in [2.24, 2.45) is 35.5 Å². The van der Waals surface area contributed by atoms with E-state index in [2.05, 4.69) is 101 Å². The monoisotopic (exact) mass is 851 g/mol. The van der Waals surface area contributed by atoms with E-state index in [1.54, 1.807) is 0 Å². The average molecular weight is 853 g/mol. The van der Waals surface area contributed by atoms with Crippen LogP contribution in [0.25, 0.3) is 0 Å². The minimum absolute atomic E-state index is 0.156. The SMILES string of the molecule is CCCCCCCCOC(CCCC(C)CC(C)CC(C)CC(C)Br)OC(CCCC(C)CC(C)CC(C)CC(C)Br)OCCCCCCCC. The van der Waals surface area contributed by atoms with Crippen LogP contribution in [0.5, 0.6) is 0 Å². The van der Waals surface area contributed by atoms with Crippen LogP contribution in [0, 0.1) is 35.5 Å². The predicted molar refractivity (Wildman–Crippen MR) is 234 cm³/mol. The topological polar surface area (TPSA) is 27.7 Å². The molecule has 0 aliphatic rings. The highest BCUT2D eigenvalue weighted by molar-refractivity contribution is 9.09. The van der Waals surface area contributed by atoms with Gasteiger partial charge in [-0.3, -0.25) is 0 Å². The third-order valence-corrected chi connectivity index (χ3v) is 11.6. The van der Waals surface area contributed by atoms with Gasteiger partial charge in [0.2, 0.25) is 0 Å². The van der Waals surface area contributed by atoms with Gasteiger partial charge in [0.25, 0.3) is 0 Å². The normalized spacial score (nSPS) is 18.1. The van der Waals surface area contributed by atoms with Crippen LogP contribution < -0.4 is 0 Å². The van der Waals surface area contributed by atoms with Gasteiger partial charge < -0.3 is 14.2 Å². The predicted octanol–water partition coefficient (Wildman–Crippen LogP) is 16.5. The molecular formula is C46H92Br2O3. The van der Waals surface area contributed by atoms with Crippen LogP contribution in [0.4, 0.5) is 0 Å². The number of rotatable bonds is 38. The molecule has 308 valence electrons. The van der Waals surface area contributed by atoms with Crippen LogP contribution in [0.15, 0.2) is 0 Å². The summed E-state index contributed by atoms with van der Waals surface area (Å²) in [6, 6.07) is 0. The lowest BCUT2D eigenvalue weighted by Crippen LogP contribution is -2.28. The Balaban J connectivity index is 5.20. The van der Waals surface area contributed by atoms with Crippen molar-refractivity contribution in [1.29, 1.82) is 0 Å². The second-order valence-electron chi connectivity index (χ2n) is 17.7. The second kappa shape index (κ2) is 35.3. The Morgan fingerprint density at radius 1 is 0.353 bits per heavy atom. The second-order valence-corrected chi connectivity index (χ2v) is 20.9. The summed E-state index contributed by atoms with van der Waals surface area (Å²) >= 11 is 7.51. The molecule has 0 fully saturated rings. The summed E-state index contributed by atoms with van der Waals surface area (Å²) in [4.78, 5) is 1.23. The van der Waals surface area contributed by atoms with Gasteiger partial charge in [-0.05, 0) is 113 Å². The summed E-state index contributed by atoms with van der Waals surface area (Å²) in [6.07, 6.45) is 29.7. The minimum Gasteiger partial charge on any atom is -0.353 e. The van der Waals surface area contributed by atoms with Crippen LogP contribution >= 0.6 is 31.9 Å². The zero-order chi connectivity index (χ0) is 38.3. The third-order valence-electron chi connectivity index (χ3n) is 10.9. The van der Waals surface area contributed by atoms with Gasteiger partial charge >= 0.3 is 0 Å². The van der Waals surface area contributed by atoms with E-state index in [0.29, 0.717) is 9.65 Å². The number of unbranched alkanes of at least 4 members (excludes halogenated alkanes) is 10. The molecule has 0 heterocycles. The molecule has 0 bridgehead atoms. The van der Waals surface area contributed by atoms with E-state index in [0.717, 1.165) is 87.2 Å². The molecule has 0 rings (SSSR count). The van der Waals surface area contributed by atoms with Crippen LogP contribution in [0.3, 0.4) is 0 Å². The van der Waals surface area contributed by atoms with Crippen LogP contribution in [0.1, 0.15) is 223 Å². The molecule has 0 spiro atoms. The maximum Gasteiger partial charge on any atom is 0.160 e. The van der Waals surface area contributed by atoms with E-state index in [1.165, 1.54) is 116 Å². The number of hydrogen-bond acceptors (Lipinski definition) is 3. The van der Waals surface area contributed by atoms with E-state index in [1.807, 2.05) is 0 Å². The summed E-state index contributed by atoms with van der Waals surface area (Å²) < 4.78 is 19.9. The smallest absolute Gasteiger partial charge is 0.160 e. The van der Waals surface area contributed by atoms with Crippen molar-refractivity contribution in [2.45, 2.75) is 246 Å². The molecule has 0 aromatic carbocycles. The Kier molecular flexibility index (Phi) is 35.8. The van der Waals surface area contributed by atoms with Crippen molar-refractivity contribution in [3.05, 3.63) is 0 Å². The summed E-state index contributed by atoms with van der Waals surface area (Å²) in [5, 5.41) is 0. The average Bonchev–Trinajstić information content (AvgIpc) is 3.02. The fourth-order valence-electron chi connectivity index (χ4n) is 8.49. The van der Waals surface area contributed by atoms with Gasteiger partial charge in [-0.15, -0.1) is 0 Å². The molecule has 0 aromatic heterocycles. The molecule has 3 nitrogen and oxygen atoms in total. The quantitative estimate of drug-likeness (QED) is 0.0352. The first-order valence-corrected chi connectivity index (χ1v) is 24.4. The highest BCUT2D eigenvalue weighted by Crippen LogP contribution is 2.29. The Bertz CT molecular complexity index is 661. The molecule has 51 heavy (non-hydrogen) atoms. The van der Waals surface area contributed by atoms with Crippen molar-refractivity contribution in [2.75, 3.05) is 13.2 Å². The van der Waals surface area contributed by atoms with Gasteiger partial charge in [0.1, 0.15) is 0 Å². The first-order valence-electron chi connectivity index (χ1n) is 22.5. The van der Waals surface area contributed by atoms with Crippen LogP contribution in [-0.4, -0.2) is 35.4 Å². The van der Waals surface area contributed by atoms with Crippen molar-refractivity contribution in [3.8, 4) is 0 Å². The van der Waals surface area contributed by atoms with Crippen molar-refractivity contribution >= 4 is 31.9 Å². The van der Waals surface area contributed by atoms with E-state index in [-0.39, 0.29) is 12.6 Å². The third kappa shape index (κ3) is 35.0. The lowest BCUT2D eigenvalue weighted by atomic mass is 9.86. The van der Waals surface area contributed by atoms with Gasteiger partial charge in [0.15, 0.2) is 12.6 Å². The Morgan fingerprint density at radius 3 is 1.02 bits per heavy atom. The lowest BCUT2D eigenvalue weighted by molar-refractivity contribution is -0.250. The van der Waals surface area contributed by atoms with Gasteiger partial charge in [-0.1, -0.05) is 178 Å². The summed E-state index contributed by atoms with van der Waals surface area (Å²) in [5.74, 6) is 4.61. The van der Waals surface area contributed by atoms with E-state index >= 15 is 0 Å². The molecular weight excluding hydrogens is 760 g/mol. The van der Waals surface area contributed by atoms with Crippen LogP contribution in [-0.2, 0) is 14.2 Å². The number of hydrogen-bond donors (Lipinski definition) is 0. The Hall–Kier alpha value is 0.840. The molecule has 0 saturated heterocycles. The van der Waals surface area contributed by atoms with Crippen molar-refractivity contribution in [3.63, 3.8) is 0 Å². The van der Waals surface area contributed by atoms with E-state index in [4.69, 9.17) is 14.2 Å². The summed E-state index contributed by atoms with van der Waals surface area (Å²) in [5.41, 5.74) is 0. The zero-order valence-corrected chi connectivity index (χ0v) is 39.3. The zero-order valence-electron chi connectivity index (χ0n) is 36.1. The number of alkyl halides is 2. The molecule has 0 aliphatic carbocycles. The highest BCUT2D eigenvalue weighted by Gasteiger charge is 2.21. The minimum atomic E-state index is -0.156. The highest BCUT2D eigenvalue weighted by atomic mass is 79.9. The fraction of sp³-hybridized carbons (Fsp3) is 1.00. The maximum absolute atomic E-state index is 6.79. The van der Waals surface area contributed by atoms with Gasteiger partial charge in [-0.2, -0.15) is 0 Å². The van der Waals surface area contributed by atoms with Gasteiger partial charge in [-0.25, -0.2) is 0 Å². The van der Waals surface area contributed by atoms with E-state index < -0.39 is 0 Å². The molecule has 5 heteroatoms. The van der Waals surface area contributed by atoms with E-state index in [9.17, 15) is 0 Å².